The predicted molar refractivity (Wildman–Crippen MR) is 58.6 cm³/mol. The molecule has 0 aliphatic heterocycles. The Kier molecular flexibility index (Phi) is 4.85. The molecule has 0 radical (unpaired) electrons. The van der Waals surface area contributed by atoms with Crippen LogP contribution in [0.4, 0.5) is 5.95 Å². The summed E-state index contributed by atoms with van der Waals surface area (Å²) in [6, 6.07) is 0. The zero-order chi connectivity index (χ0) is 12.8. The molecule has 0 saturated carbocycles. The van der Waals surface area contributed by atoms with E-state index in [1.165, 1.54) is 17.0 Å². The van der Waals surface area contributed by atoms with Gasteiger partial charge in [0.2, 0.25) is 5.91 Å². The largest absolute Gasteiger partial charge is 0.434 e. The van der Waals surface area contributed by atoms with Crippen molar-refractivity contribution in [3.8, 4) is 0 Å². The van der Waals surface area contributed by atoms with E-state index in [1.54, 1.807) is 0 Å². The summed E-state index contributed by atoms with van der Waals surface area (Å²) in [5, 5.41) is 22.4. The van der Waals surface area contributed by atoms with Crippen molar-refractivity contribution in [2.75, 3.05) is 12.4 Å². The number of amides is 1. The standard InChI is InChI=1S/C8H11ClN4O4/c9-3-7(15)11-4-6(14)5-12-2-1-10-8(12)13(16)17/h1-2,6,14H,3-5H2,(H,11,15). The highest BCUT2D eigenvalue weighted by atomic mass is 35.5. The second-order valence-corrected chi connectivity index (χ2v) is 3.50. The number of hydrogen-bond donors (Lipinski definition) is 2. The van der Waals surface area contributed by atoms with Crippen LogP contribution in [0.5, 0.6) is 0 Å². The Morgan fingerprint density at radius 3 is 3.06 bits per heavy atom. The summed E-state index contributed by atoms with van der Waals surface area (Å²) in [6.45, 7) is -0.0558. The Hall–Kier alpha value is -1.67. The Balaban J connectivity index is 2.50. The van der Waals surface area contributed by atoms with Crippen molar-refractivity contribution in [3.05, 3.63) is 22.5 Å². The molecule has 8 nitrogen and oxygen atoms in total. The number of carbonyl (C=O) groups excluding carboxylic acids is 1. The van der Waals surface area contributed by atoms with Gasteiger partial charge in [-0.3, -0.25) is 4.79 Å². The molecule has 0 fully saturated rings. The third-order valence-corrected chi connectivity index (χ3v) is 2.16. The van der Waals surface area contributed by atoms with E-state index in [4.69, 9.17) is 11.6 Å². The summed E-state index contributed by atoms with van der Waals surface area (Å²) >= 11 is 5.25. The molecule has 1 aromatic rings. The lowest BCUT2D eigenvalue weighted by Crippen LogP contribution is -2.35. The number of alkyl halides is 1. The first-order valence-corrected chi connectivity index (χ1v) is 5.24. The lowest BCUT2D eigenvalue weighted by molar-refractivity contribution is -0.397. The van der Waals surface area contributed by atoms with Gasteiger partial charge in [0.1, 0.15) is 24.4 Å². The van der Waals surface area contributed by atoms with Crippen LogP contribution in [-0.2, 0) is 11.3 Å². The molecule has 1 atom stereocenters. The van der Waals surface area contributed by atoms with Crippen molar-refractivity contribution in [2.45, 2.75) is 12.6 Å². The second kappa shape index (κ2) is 6.16. The molecule has 0 spiro atoms. The van der Waals surface area contributed by atoms with E-state index in [9.17, 15) is 20.0 Å². The van der Waals surface area contributed by atoms with Crippen LogP contribution in [0, 0.1) is 10.1 Å². The predicted octanol–water partition coefficient (Wildman–Crippen LogP) is -0.493. The van der Waals surface area contributed by atoms with Crippen molar-refractivity contribution in [1.82, 2.24) is 14.9 Å². The van der Waals surface area contributed by atoms with Gasteiger partial charge in [-0.2, -0.15) is 0 Å². The van der Waals surface area contributed by atoms with Gasteiger partial charge in [0.15, 0.2) is 0 Å². The average molecular weight is 263 g/mol. The van der Waals surface area contributed by atoms with Gasteiger partial charge in [0.05, 0.1) is 6.54 Å². The van der Waals surface area contributed by atoms with Crippen molar-refractivity contribution >= 4 is 23.5 Å². The molecule has 0 aliphatic rings. The van der Waals surface area contributed by atoms with Crippen LogP contribution < -0.4 is 5.32 Å². The molecule has 0 aliphatic carbocycles. The molecule has 1 rings (SSSR count). The summed E-state index contributed by atoms with van der Waals surface area (Å²) in [5.74, 6) is -0.962. The third kappa shape index (κ3) is 4.00. The topological polar surface area (TPSA) is 110 Å². The van der Waals surface area contributed by atoms with Gasteiger partial charge in [-0.25, -0.2) is 4.57 Å². The van der Waals surface area contributed by atoms with Gasteiger partial charge in [-0.05, 0) is 4.92 Å². The first-order valence-electron chi connectivity index (χ1n) is 4.71. The minimum atomic E-state index is -0.949. The zero-order valence-corrected chi connectivity index (χ0v) is 9.50. The van der Waals surface area contributed by atoms with Crippen LogP contribution in [-0.4, -0.2) is 44.0 Å². The van der Waals surface area contributed by atoms with Crippen LogP contribution in [0.1, 0.15) is 0 Å². The molecule has 0 saturated heterocycles. The molecular formula is C8H11ClN4O4. The van der Waals surface area contributed by atoms with Crippen molar-refractivity contribution in [3.63, 3.8) is 0 Å². The van der Waals surface area contributed by atoms with E-state index in [0.29, 0.717) is 0 Å². The number of aliphatic hydroxyl groups is 1. The Labute approximate surface area is 101 Å². The van der Waals surface area contributed by atoms with Crippen LogP contribution in [0.15, 0.2) is 12.4 Å². The fourth-order valence-electron chi connectivity index (χ4n) is 1.19. The van der Waals surface area contributed by atoms with E-state index in [0.717, 1.165) is 0 Å². The molecule has 1 aromatic heterocycles. The number of nitro groups is 1. The molecule has 0 bridgehead atoms. The van der Waals surface area contributed by atoms with E-state index >= 15 is 0 Å². The quantitative estimate of drug-likeness (QED) is 0.408. The first kappa shape index (κ1) is 13.4. The maximum atomic E-state index is 10.8. The highest BCUT2D eigenvalue weighted by Gasteiger charge is 2.17. The summed E-state index contributed by atoms with van der Waals surface area (Å²) in [5.41, 5.74) is 0. The Morgan fingerprint density at radius 2 is 2.47 bits per heavy atom. The van der Waals surface area contributed by atoms with Crippen LogP contribution in [0.3, 0.4) is 0 Å². The van der Waals surface area contributed by atoms with E-state index in [2.05, 4.69) is 10.3 Å². The number of halogens is 1. The monoisotopic (exact) mass is 262 g/mol. The molecule has 1 amide bonds. The molecule has 1 unspecified atom stereocenters. The normalized spacial score (nSPS) is 12.1. The number of nitrogens with zero attached hydrogens (tertiary/aromatic N) is 3. The maximum absolute atomic E-state index is 10.8. The summed E-state index contributed by atoms with van der Waals surface area (Å²) in [6.07, 6.45) is 1.70. The number of hydrogen-bond acceptors (Lipinski definition) is 5. The van der Waals surface area contributed by atoms with Gasteiger partial charge in [0.25, 0.3) is 0 Å². The van der Waals surface area contributed by atoms with Crippen LogP contribution >= 0.6 is 11.6 Å². The summed E-state index contributed by atoms with van der Waals surface area (Å²) in [7, 11) is 0. The number of carbonyl (C=O) groups is 1. The fourth-order valence-corrected chi connectivity index (χ4v) is 1.28. The second-order valence-electron chi connectivity index (χ2n) is 3.23. The minimum absolute atomic E-state index is 0.0269. The van der Waals surface area contributed by atoms with E-state index in [1.807, 2.05) is 0 Å². The molecule has 9 heteroatoms. The highest BCUT2D eigenvalue weighted by molar-refractivity contribution is 6.27. The summed E-state index contributed by atoms with van der Waals surface area (Å²) in [4.78, 5) is 24.2. The van der Waals surface area contributed by atoms with E-state index < -0.39 is 16.9 Å². The fraction of sp³-hybridized carbons (Fsp3) is 0.500. The molecular weight excluding hydrogens is 252 g/mol. The van der Waals surface area contributed by atoms with Crippen molar-refractivity contribution in [1.29, 1.82) is 0 Å². The molecule has 2 N–H and O–H groups in total. The molecule has 17 heavy (non-hydrogen) atoms. The van der Waals surface area contributed by atoms with Gasteiger partial charge < -0.3 is 20.5 Å². The Bertz CT molecular complexity index is 408. The van der Waals surface area contributed by atoms with Gasteiger partial charge in [-0.15, -0.1) is 11.6 Å². The third-order valence-electron chi connectivity index (χ3n) is 1.92. The van der Waals surface area contributed by atoms with Gasteiger partial charge in [0, 0.05) is 6.54 Å². The number of imidazole rings is 1. The lowest BCUT2D eigenvalue weighted by Gasteiger charge is -2.10. The smallest absolute Gasteiger partial charge is 0.390 e. The van der Waals surface area contributed by atoms with E-state index in [-0.39, 0.29) is 24.9 Å². The number of rotatable bonds is 6. The van der Waals surface area contributed by atoms with Gasteiger partial charge >= 0.3 is 5.95 Å². The molecule has 94 valence electrons. The summed E-state index contributed by atoms with van der Waals surface area (Å²) < 4.78 is 1.19. The maximum Gasteiger partial charge on any atom is 0.434 e. The number of aromatic nitrogens is 2. The number of nitrogens with one attached hydrogen (secondary N) is 1. The van der Waals surface area contributed by atoms with Crippen LogP contribution in [0.25, 0.3) is 0 Å². The molecule has 1 heterocycles. The minimum Gasteiger partial charge on any atom is -0.390 e. The van der Waals surface area contributed by atoms with Crippen LogP contribution in [0.2, 0.25) is 0 Å². The van der Waals surface area contributed by atoms with Crippen molar-refractivity contribution in [2.24, 2.45) is 0 Å². The van der Waals surface area contributed by atoms with Crippen molar-refractivity contribution < 1.29 is 14.8 Å². The average Bonchev–Trinajstić information content (AvgIpc) is 2.74. The lowest BCUT2D eigenvalue weighted by atomic mass is 10.3. The zero-order valence-electron chi connectivity index (χ0n) is 8.74. The first-order chi connectivity index (χ1) is 8.04. The van der Waals surface area contributed by atoms with Gasteiger partial charge in [-0.1, -0.05) is 4.98 Å². The number of aliphatic hydroxyl groups excluding tert-OH is 1. The SMILES string of the molecule is O=C(CCl)NCC(O)Cn1ccnc1[N+](=O)[O-]. The Morgan fingerprint density at radius 1 is 1.76 bits per heavy atom. The molecule has 0 aromatic carbocycles. The highest BCUT2D eigenvalue weighted by Crippen LogP contribution is 2.07.